The second kappa shape index (κ2) is 7.39. The van der Waals surface area contributed by atoms with Crippen LogP contribution in [-0.2, 0) is 14.4 Å². The first-order valence-electron chi connectivity index (χ1n) is 6.51. The first-order valence-corrected chi connectivity index (χ1v) is 6.51. The molecule has 0 spiro atoms. The number of carbonyl (C=O) groups excluding carboxylic acids is 3. The molecule has 0 aromatic heterocycles. The molecule has 6 N–H and O–H groups in total. The van der Waals surface area contributed by atoms with E-state index in [2.05, 4.69) is 10.6 Å². The first kappa shape index (κ1) is 16.6. The summed E-state index contributed by atoms with van der Waals surface area (Å²) in [4.78, 5) is 33.6. The van der Waals surface area contributed by atoms with Crippen LogP contribution in [0.5, 0.6) is 0 Å². The van der Waals surface area contributed by atoms with Gasteiger partial charge in [0, 0.05) is 12.6 Å². The molecule has 0 aliphatic heterocycles. The predicted octanol–water partition coefficient (Wildman–Crippen LogP) is 0.0249. The molecule has 114 valence electrons. The van der Waals surface area contributed by atoms with Crippen LogP contribution in [0.3, 0.4) is 0 Å². The Kier molecular flexibility index (Phi) is 5.86. The maximum absolute atomic E-state index is 11.8. The lowest BCUT2D eigenvalue weighted by Gasteiger charge is -2.18. The van der Waals surface area contributed by atoms with E-state index >= 15 is 0 Å². The van der Waals surface area contributed by atoms with Crippen LogP contribution in [0.1, 0.15) is 31.9 Å². The van der Waals surface area contributed by atoms with Gasteiger partial charge in [0.2, 0.25) is 17.7 Å². The van der Waals surface area contributed by atoms with Crippen molar-refractivity contribution in [2.45, 2.75) is 32.4 Å². The van der Waals surface area contributed by atoms with E-state index < -0.39 is 17.9 Å². The van der Waals surface area contributed by atoms with Crippen molar-refractivity contribution in [3.63, 3.8) is 0 Å². The highest BCUT2D eigenvalue weighted by Crippen LogP contribution is 2.17. The van der Waals surface area contributed by atoms with Gasteiger partial charge in [-0.2, -0.15) is 0 Å². The third-order valence-electron chi connectivity index (χ3n) is 2.82. The largest absolute Gasteiger partial charge is 0.370 e. The van der Waals surface area contributed by atoms with Gasteiger partial charge in [0.1, 0.15) is 0 Å². The van der Waals surface area contributed by atoms with Crippen LogP contribution in [0.2, 0.25) is 0 Å². The molecule has 1 aromatic rings. The van der Waals surface area contributed by atoms with E-state index in [1.54, 1.807) is 25.1 Å². The van der Waals surface area contributed by atoms with Crippen molar-refractivity contribution in [2.24, 2.45) is 11.5 Å². The van der Waals surface area contributed by atoms with E-state index in [-0.39, 0.29) is 18.4 Å². The fourth-order valence-corrected chi connectivity index (χ4v) is 1.80. The summed E-state index contributed by atoms with van der Waals surface area (Å²) in [5.41, 5.74) is 12.0. The fraction of sp³-hybridized carbons (Fsp3) is 0.357. The molecule has 1 rings (SSSR count). The number of nitrogens with one attached hydrogen (secondary N) is 2. The Morgan fingerprint density at radius 3 is 2.52 bits per heavy atom. The second-order valence-corrected chi connectivity index (χ2v) is 4.81. The second-order valence-electron chi connectivity index (χ2n) is 4.81. The standard InChI is InChI=1S/C14H20N4O3/c1-8(17-14(21)12(15)7-13(16)20)10-4-3-5-11(6-10)18-9(2)19/h3-6,8,12H,7,15H2,1-2H3,(H2,16,20)(H,17,21)(H,18,19). The summed E-state index contributed by atoms with van der Waals surface area (Å²) in [6.45, 7) is 3.20. The summed E-state index contributed by atoms with van der Waals surface area (Å²) in [5, 5.41) is 5.36. The minimum absolute atomic E-state index is 0.174. The molecule has 0 radical (unpaired) electrons. The Balaban J connectivity index is 2.70. The Bertz CT molecular complexity index is 545. The van der Waals surface area contributed by atoms with Crippen LogP contribution in [0.25, 0.3) is 0 Å². The van der Waals surface area contributed by atoms with Crippen molar-refractivity contribution in [2.75, 3.05) is 5.32 Å². The van der Waals surface area contributed by atoms with Crippen LogP contribution >= 0.6 is 0 Å². The molecule has 0 heterocycles. The minimum Gasteiger partial charge on any atom is -0.370 e. The van der Waals surface area contributed by atoms with Crippen molar-refractivity contribution < 1.29 is 14.4 Å². The summed E-state index contributed by atoms with van der Waals surface area (Å²) in [6.07, 6.45) is -0.204. The summed E-state index contributed by atoms with van der Waals surface area (Å²) in [7, 11) is 0. The molecule has 3 amide bonds. The van der Waals surface area contributed by atoms with Gasteiger partial charge in [-0.25, -0.2) is 0 Å². The number of amides is 3. The third kappa shape index (κ3) is 5.62. The van der Waals surface area contributed by atoms with Crippen LogP contribution in [0.15, 0.2) is 24.3 Å². The van der Waals surface area contributed by atoms with Crippen molar-refractivity contribution in [1.82, 2.24) is 5.32 Å². The van der Waals surface area contributed by atoms with Gasteiger partial charge in [-0.3, -0.25) is 14.4 Å². The summed E-state index contributed by atoms with van der Waals surface area (Å²) < 4.78 is 0. The third-order valence-corrected chi connectivity index (χ3v) is 2.82. The summed E-state index contributed by atoms with van der Waals surface area (Å²) in [5.74, 6) is -1.25. The Morgan fingerprint density at radius 1 is 1.29 bits per heavy atom. The van der Waals surface area contributed by atoms with Crippen molar-refractivity contribution >= 4 is 23.4 Å². The van der Waals surface area contributed by atoms with Crippen LogP contribution in [0, 0.1) is 0 Å². The number of hydrogen-bond acceptors (Lipinski definition) is 4. The maximum atomic E-state index is 11.8. The van der Waals surface area contributed by atoms with E-state index in [4.69, 9.17) is 11.5 Å². The minimum atomic E-state index is -0.969. The van der Waals surface area contributed by atoms with Crippen molar-refractivity contribution in [1.29, 1.82) is 0 Å². The van der Waals surface area contributed by atoms with Gasteiger partial charge in [-0.1, -0.05) is 12.1 Å². The van der Waals surface area contributed by atoms with Crippen LogP contribution in [0.4, 0.5) is 5.69 Å². The molecule has 2 unspecified atom stereocenters. The first-order chi connectivity index (χ1) is 9.79. The normalized spacial score (nSPS) is 13.1. The van der Waals surface area contributed by atoms with Gasteiger partial charge >= 0.3 is 0 Å². The molecular formula is C14H20N4O3. The highest BCUT2D eigenvalue weighted by atomic mass is 16.2. The Hall–Kier alpha value is -2.41. The Labute approximate surface area is 123 Å². The molecule has 0 fully saturated rings. The molecule has 21 heavy (non-hydrogen) atoms. The smallest absolute Gasteiger partial charge is 0.237 e. The fourth-order valence-electron chi connectivity index (χ4n) is 1.80. The lowest BCUT2D eigenvalue weighted by molar-refractivity contribution is -0.126. The quantitative estimate of drug-likeness (QED) is 0.589. The molecular weight excluding hydrogens is 272 g/mol. The molecule has 7 heteroatoms. The number of nitrogens with two attached hydrogens (primary N) is 2. The van der Waals surface area contributed by atoms with Gasteiger partial charge in [-0.15, -0.1) is 0 Å². The van der Waals surface area contributed by atoms with E-state index in [0.717, 1.165) is 5.56 Å². The number of rotatable bonds is 6. The van der Waals surface area contributed by atoms with E-state index in [1.807, 2.05) is 6.07 Å². The predicted molar refractivity (Wildman–Crippen MR) is 79.1 cm³/mol. The average Bonchev–Trinajstić information content (AvgIpc) is 2.37. The lowest BCUT2D eigenvalue weighted by atomic mass is 10.1. The molecule has 0 aliphatic carbocycles. The molecule has 0 saturated carbocycles. The summed E-state index contributed by atoms with van der Waals surface area (Å²) in [6, 6.07) is 5.81. The topological polar surface area (TPSA) is 127 Å². The molecule has 1 aromatic carbocycles. The van der Waals surface area contributed by atoms with Crippen molar-refractivity contribution in [3.05, 3.63) is 29.8 Å². The molecule has 0 saturated heterocycles. The zero-order chi connectivity index (χ0) is 16.0. The van der Waals surface area contributed by atoms with Crippen LogP contribution in [-0.4, -0.2) is 23.8 Å². The van der Waals surface area contributed by atoms with Gasteiger partial charge in [0.25, 0.3) is 0 Å². The van der Waals surface area contributed by atoms with Gasteiger partial charge in [-0.05, 0) is 24.6 Å². The zero-order valence-corrected chi connectivity index (χ0v) is 12.1. The maximum Gasteiger partial charge on any atom is 0.237 e. The molecule has 0 aliphatic rings. The van der Waals surface area contributed by atoms with E-state index in [0.29, 0.717) is 5.69 Å². The van der Waals surface area contributed by atoms with Crippen molar-refractivity contribution in [3.8, 4) is 0 Å². The SMILES string of the molecule is CC(=O)Nc1cccc(C(C)NC(=O)C(N)CC(N)=O)c1. The number of anilines is 1. The molecule has 0 bridgehead atoms. The van der Waals surface area contributed by atoms with Gasteiger partial charge in [0.05, 0.1) is 18.5 Å². The highest BCUT2D eigenvalue weighted by Gasteiger charge is 2.18. The van der Waals surface area contributed by atoms with Gasteiger partial charge in [0.15, 0.2) is 0 Å². The molecule has 7 nitrogen and oxygen atoms in total. The number of benzene rings is 1. The van der Waals surface area contributed by atoms with Gasteiger partial charge < -0.3 is 22.1 Å². The van der Waals surface area contributed by atoms with E-state index in [9.17, 15) is 14.4 Å². The number of carbonyl (C=O) groups is 3. The van der Waals surface area contributed by atoms with Crippen LogP contribution < -0.4 is 22.1 Å². The zero-order valence-electron chi connectivity index (χ0n) is 12.1. The average molecular weight is 292 g/mol. The molecule has 2 atom stereocenters. The monoisotopic (exact) mass is 292 g/mol. The number of primary amides is 1. The van der Waals surface area contributed by atoms with E-state index in [1.165, 1.54) is 6.92 Å². The number of hydrogen-bond donors (Lipinski definition) is 4. The lowest BCUT2D eigenvalue weighted by Crippen LogP contribution is -2.43. The summed E-state index contributed by atoms with van der Waals surface area (Å²) >= 11 is 0. The highest BCUT2D eigenvalue weighted by molar-refractivity contribution is 5.89. The Morgan fingerprint density at radius 2 is 1.95 bits per heavy atom.